The number of piperidine rings is 1. The van der Waals surface area contributed by atoms with Crippen LogP contribution in [0.4, 0.5) is 10.9 Å². The van der Waals surface area contributed by atoms with Gasteiger partial charge in [-0.15, -0.1) is 0 Å². The topological polar surface area (TPSA) is 114 Å². The normalized spacial score (nSPS) is 15.0. The molecule has 7 nitrogen and oxygen atoms in total. The Labute approximate surface area is 127 Å². The van der Waals surface area contributed by atoms with E-state index in [1.807, 2.05) is 0 Å². The Kier molecular flexibility index (Phi) is 5.38. The Morgan fingerprint density at radius 2 is 2.00 bits per heavy atom. The molecule has 21 heavy (non-hydrogen) atoms. The highest BCUT2D eigenvalue weighted by atomic mass is 32.1. The summed E-state index contributed by atoms with van der Waals surface area (Å²) in [6.45, 7) is 2.33. The first-order chi connectivity index (χ1) is 10.1. The zero-order valence-electron chi connectivity index (χ0n) is 11.9. The molecule has 116 valence electrons. The molecule has 1 fully saturated rings. The lowest BCUT2D eigenvalue weighted by molar-refractivity contribution is -0.118. The fourth-order valence-electron chi connectivity index (χ4n) is 2.25. The number of nitrogen functional groups attached to an aromatic ring is 1. The van der Waals surface area contributed by atoms with E-state index in [0.717, 1.165) is 31.1 Å². The SMILES string of the molecule is NC(=O)CCCNC(=O)c1sc(N2CCCCC2)nc1N. The van der Waals surface area contributed by atoms with Crippen molar-refractivity contribution in [1.82, 2.24) is 10.3 Å². The van der Waals surface area contributed by atoms with Crippen LogP contribution in [0.15, 0.2) is 0 Å². The molecule has 5 N–H and O–H groups in total. The van der Waals surface area contributed by atoms with Crippen LogP contribution in [-0.4, -0.2) is 36.4 Å². The van der Waals surface area contributed by atoms with E-state index in [1.165, 1.54) is 17.8 Å². The van der Waals surface area contributed by atoms with Gasteiger partial charge in [-0.1, -0.05) is 11.3 Å². The number of nitrogens with two attached hydrogens (primary N) is 2. The number of nitrogens with zero attached hydrogens (tertiary/aromatic N) is 2. The molecule has 0 aliphatic carbocycles. The van der Waals surface area contributed by atoms with Crippen LogP contribution in [0.5, 0.6) is 0 Å². The Morgan fingerprint density at radius 1 is 1.29 bits per heavy atom. The number of hydrogen-bond acceptors (Lipinski definition) is 6. The van der Waals surface area contributed by atoms with Crippen molar-refractivity contribution < 1.29 is 9.59 Å². The molecule has 0 radical (unpaired) electrons. The second kappa shape index (κ2) is 7.26. The first-order valence-electron chi connectivity index (χ1n) is 7.15. The van der Waals surface area contributed by atoms with E-state index in [9.17, 15) is 9.59 Å². The molecule has 2 rings (SSSR count). The highest BCUT2D eigenvalue weighted by Gasteiger charge is 2.20. The first kappa shape index (κ1) is 15.6. The minimum Gasteiger partial charge on any atom is -0.382 e. The van der Waals surface area contributed by atoms with E-state index in [-0.39, 0.29) is 24.1 Å². The molecule has 0 aromatic carbocycles. The molecule has 8 heteroatoms. The molecule has 1 aliphatic rings. The lowest BCUT2D eigenvalue weighted by Crippen LogP contribution is -2.29. The van der Waals surface area contributed by atoms with E-state index in [4.69, 9.17) is 11.5 Å². The van der Waals surface area contributed by atoms with Crippen molar-refractivity contribution in [3.63, 3.8) is 0 Å². The van der Waals surface area contributed by atoms with Crippen molar-refractivity contribution in [2.24, 2.45) is 5.73 Å². The van der Waals surface area contributed by atoms with Crippen molar-refractivity contribution in [3.05, 3.63) is 4.88 Å². The number of carbonyl (C=O) groups excluding carboxylic acids is 2. The van der Waals surface area contributed by atoms with Gasteiger partial charge in [-0.25, -0.2) is 4.98 Å². The number of amides is 2. The summed E-state index contributed by atoms with van der Waals surface area (Å²) < 4.78 is 0. The van der Waals surface area contributed by atoms with Crippen molar-refractivity contribution in [3.8, 4) is 0 Å². The minimum atomic E-state index is -0.367. The number of hydrogen-bond donors (Lipinski definition) is 3. The van der Waals surface area contributed by atoms with Gasteiger partial charge in [-0.05, 0) is 25.7 Å². The maximum absolute atomic E-state index is 12.1. The van der Waals surface area contributed by atoms with Gasteiger partial charge >= 0.3 is 0 Å². The summed E-state index contributed by atoms with van der Waals surface area (Å²) in [4.78, 5) is 29.6. The van der Waals surface area contributed by atoms with Gasteiger partial charge in [-0.3, -0.25) is 9.59 Å². The molecule has 2 heterocycles. The number of nitrogens with one attached hydrogen (secondary N) is 1. The van der Waals surface area contributed by atoms with Crippen LogP contribution in [0.25, 0.3) is 0 Å². The van der Waals surface area contributed by atoms with Gasteiger partial charge in [0.05, 0.1) is 0 Å². The third-order valence-corrected chi connectivity index (χ3v) is 4.49. The number of primary amides is 1. The second-order valence-corrected chi connectivity index (χ2v) is 6.06. The average molecular weight is 311 g/mol. The molecular formula is C13H21N5O2S. The van der Waals surface area contributed by atoms with Gasteiger partial charge in [0.25, 0.3) is 5.91 Å². The monoisotopic (exact) mass is 311 g/mol. The van der Waals surface area contributed by atoms with Gasteiger partial charge in [-0.2, -0.15) is 0 Å². The number of carbonyl (C=O) groups is 2. The van der Waals surface area contributed by atoms with Gasteiger partial charge in [0.1, 0.15) is 10.7 Å². The fourth-order valence-corrected chi connectivity index (χ4v) is 3.20. The van der Waals surface area contributed by atoms with Gasteiger partial charge in [0, 0.05) is 26.1 Å². The summed E-state index contributed by atoms with van der Waals surface area (Å²) in [5.41, 5.74) is 10.9. The Bertz CT molecular complexity index is 511. The third kappa shape index (κ3) is 4.32. The minimum absolute atomic E-state index is 0.238. The van der Waals surface area contributed by atoms with Gasteiger partial charge < -0.3 is 21.7 Å². The zero-order valence-corrected chi connectivity index (χ0v) is 12.7. The largest absolute Gasteiger partial charge is 0.382 e. The molecule has 0 bridgehead atoms. The van der Waals surface area contributed by atoms with Crippen LogP contribution < -0.4 is 21.7 Å². The summed E-state index contributed by atoms with van der Waals surface area (Å²) in [6, 6.07) is 0. The van der Waals surface area contributed by atoms with E-state index in [1.54, 1.807) is 0 Å². The van der Waals surface area contributed by atoms with Crippen LogP contribution in [0, 0.1) is 0 Å². The maximum Gasteiger partial charge on any atom is 0.265 e. The smallest absolute Gasteiger partial charge is 0.265 e. The van der Waals surface area contributed by atoms with Crippen LogP contribution >= 0.6 is 11.3 Å². The van der Waals surface area contributed by atoms with Gasteiger partial charge in [0.15, 0.2) is 5.13 Å². The van der Waals surface area contributed by atoms with Crippen molar-refractivity contribution in [2.45, 2.75) is 32.1 Å². The molecule has 1 saturated heterocycles. The van der Waals surface area contributed by atoms with Crippen molar-refractivity contribution in [2.75, 3.05) is 30.3 Å². The predicted molar refractivity (Wildman–Crippen MR) is 83.4 cm³/mol. The maximum atomic E-state index is 12.1. The number of thiazole rings is 1. The number of aromatic nitrogens is 1. The van der Waals surface area contributed by atoms with Crippen molar-refractivity contribution in [1.29, 1.82) is 0 Å². The Hall–Kier alpha value is -1.83. The molecule has 0 atom stereocenters. The molecule has 0 saturated carbocycles. The summed E-state index contributed by atoms with van der Waals surface area (Å²) in [6.07, 6.45) is 4.32. The fraction of sp³-hybridized carbons (Fsp3) is 0.615. The highest BCUT2D eigenvalue weighted by Crippen LogP contribution is 2.29. The molecular weight excluding hydrogens is 290 g/mol. The van der Waals surface area contributed by atoms with E-state index in [0.29, 0.717) is 17.8 Å². The summed E-state index contributed by atoms with van der Waals surface area (Å²) in [5.74, 6) is -0.334. The van der Waals surface area contributed by atoms with E-state index >= 15 is 0 Å². The Morgan fingerprint density at radius 3 is 2.67 bits per heavy atom. The zero-order chi connectivity index (χ0) is 15.2. The van der Waals surface area contributed by atoms with E-state index < -0.39 is 0 Å². The quantitative estimate of drug-likeness (QED) is 0.669. The summed E-state index contributed by atoms with van der Waals surface area (Å²) >= 11 is 1.32. The number of rotatable bonds is 6. The molecule has 0 unspecified atom stereocenters. The third-order valence-electron chi connectivity index (χ3n) is 3.36. The summed E-state index contributed by atoms with van der Waals surface area (Å²) in [5, 5.41) is 3.55. The molecule has 0 spiro atoms. The average Bonchev–Trinajstić information content (AvgIpc) is 2.86. The molecule has 1 aliphatic heterocycles. The predicted octanol–water partition coefficient (Wildman–Crippen LogP) is 0.711. The lowest BCUT2D eigenvalue weighted by atomic mass is 10.1. The van der Waals surface area contributed by atoms with Crippen LogP contribution in [0.2, 0.25) is 0 Å². The van der Waals surface area contributed by atoms with Crippen LogP contribution in [-0.2, 0) is 4.79 Å². The van der Waals surface area contributed by atoms with Crippen LogP contribution in [0.1, 0.15) is 41.8 Å². The number of anilines is 2. The second-order valence-electron chi connectivity index (χ2n) is 5.08. The molecule has 1 aromatic rings. The van der Waals surface area contributed by atoms with Crippen LogP contribution in [0.3, 0.4) is 0 Å². The van der Waals surface area contributed by atoms with Crippen molar-refractivity contribution >= 4 is 34.1 Å². The lowest BCUT2D eigenvalue weighted by Gasteiger charge is -2.25. The summed E-state index contributed by atoms with van der Waals surface area (Å²) in [7, 11) is 0. The molecule has 2 amide bonds. The first-order valence-corrected chi connectivity index (χ1v) is 7.97. The standard InChI is InChI=1S/C13H21N5O2S/c14-9(19)5-4-6-16-12(20)10-11(15)17-13(21-10)18-7-2-1-3-8-18/h1-8,15H2,(H2,14,19)(H,16,20). The van der Waals surface area contributed by atoms with Gasteiger partial charge in [0.2, 0.25) is 5.91 Å². The van der Waals surface area contributed by atoms with E-state index in [2.05, 4.69) is 15.2 Å². The molecule has 1 aromatic heterocycles. The Balaban J connectivity index is 1.91. The highest BCUT2D eigenvalue weighted by molar-refractivity contribution is 7.18.